The molecule has 0 unspecified atom stereocenters. The predicted molar refractivity (Wildman–Crippen MR) is 112 cm³/mol. The molecule has 0 radical (unpaired) electrons. The van der Waals surface area contributed by atoms with Crippen LogP contribution >= 0.6 is 0 Å². The Morgan fingerprint density at radius 1 is 1.20 bits per heavy atom. The Morgan fingerprint density at radius 2 is 2.03 bits per heavy atom. The maximum absolute atomic E-state index is 12.9. The van der Waals surface area contributed by atoms with Crippen LogP contribution in [-0.2, 0) is 6.42 Å². The Bertz CT molecular complexity index is 1270. The van der Waals surface area contributed by atoms with Crippen molar-refractivity contribution in [2.24, 2.45) is 0 Å². The molecule has 1 aliphatic heterocycles. The number of carbonyl (C=O) groups excluding carboxylic acids is 1. The van der Waals surface area contributed by atoms with Crippen LogP contribution < -0.4 is 16.2 Å². The van der Waals surface area contributed by atoms with Crippen LogP contribution in [0.2, 0.25) is 0 Å². The fourth-order valence-corrected chi connectivity index (χ4v) is 4.38. The number of carbonyl (C=O) groups is 1. The number of fused-ring (bicyclic) bond motifs is 2. The number of anilines is 2. The molecule has 3 aromatic rings. The topological polar surface area (TPSA) is 113 Å². The summed E-state index contributed by atoms with van der Waals surface area (Å²) >= 11 is 0. The molecule has 8 nitrogen and oxygen atoms in total. The molecule has 5 rings (SSSR count). The molecule has 30 heavy (non-hydrogen) atoms. The molecule has 0 saturated heterocycles. The summed E-state index contributed by atoms with van der Waals surface area (Å²) in [5.74, 6) is 0.257. The fraction of sp³-hybridized carbons (Fsp3) is 0.318. The van der Waals surface area contributed by atoms with Crippen LogP contribution in [-0.4, -0.2) is 27.0 Å². The summed E-state index contributed by atoms with van der Waals surface area (Å²) in [7, 11) is 0. The van der Waals surface area contributed by atoms with E-state index in [1.165, 1.54) is 0 Å². The second-order valence-electron chi connectivity index (χ2n) is 7.76. The van der Waals surface area contributed by atoms with Crippen LogP contribution in [0.15, 0.2) is 35.3 Å². The van der Waals surface area contributed by atoms with Crippen molar-refractivity contribution in [3.8, 4) is 6.07 Å². The SMILES string of the molecule is N#Cc1cc2cnc(Nc3ccc4c(c3)C(=O)NCC4)nc2n(C2CCCC2)c1=O. The van der Waals surface area contributed by atoms with Crippen molar-refractivity contribution in [2.45, 2.75) is 38.1 Å². The van der Waals surface area contributed by atoms with Crippen LogP contribution in [0.25, 0.3) is 11.0 Å². The summed E-state index contributed by atoms with van der Waals surface area (Å²) < 4.78 is 1.66. The minimum Gasteiger partial charge on any atom is -0.352 e. The summed E-state index contributed by atoms with van der Waals surface area (Å²) in [5.41, 5.74) is 2.70. The molecule has 1 aromatic carbocycles. The van der Waals surface area contributed by atoms with Crippen molar-refractivity contribution in [3.05, 3.63) is 57.5 Å². The van der Waals surface area contributed by atoms with Crippen molar-refractivity contribution in [1.82, 2.24) is 19.9 Å². The molecule has 0 spiro atoms. The molecule has 2 aromatic heterocycles. The molecule has 8 heteroatoms. The Hall–Kier alpha value is -3.73. The largest absolute Gasteiger partial charge is 0.352 e. The molecular weight excluding hydrogens is 380 g/mol. The van der Waals surface area contributed by atoms with Gasteiger partial charge in [0, 0.05) is 35.4 Å². The number of nitrogens with one attached hydrogen (secondary N) is 2. The third-order valence-electron chi connectivity index (χ3n) is 5.87. The third-order valence-corrected chi connectivity index (χ3v) is 5.87. The lowest BCUT2D eigenvalue weighted by Crippen LogP contribution is -2.31. The van der Waals surface area contributed by atoms with E-state index in [1.807, 2.05) is 18.2 Å². The summed E-state index contributed by atoms with van der Waals surface area (Å²) in [5, 5.41) is 16.0. The molecular formula is C22H20N6O2. The molecule has 150 valence electrons. The van der Waals surface area contributed by atoms with Gasteiger partial charge in [0.1, 0.15) is 17.3 Å². The van der Waals surface area contributed by atoms with Crippen molar-refractivity contribution >= 4 is 28.6 Å². The third kappa shape index (κ3) is 3.08. The van der Waals surface area contributed by atoms with Crippen LogP contribution in [0.5, 0.6) is 0 Å². The highest BCUT2D eigenvalue weighted by Crippen LogP contribution is 2.31. The van der Waals surface area contributed by atoms with E-state index in [0.717, 1.165) is 37.7 Å². The lowest BCUT2D eigenvalue weighted by molar-refractivity contribution is 0.0946. The van der Waals surface area contributed by atoms with Crippen molar-refractivity contribution in [1.29, 1.82) is 5.26 Å². The highest BCUT2D eigenvalue weighted by atomic mass is 16.1. The number of pyridine rings is 1. The minimum absolute atomic E-state index is 0.0449. The first-order valence-corrected chi connectivity index (χ1v) is 10.1. The lowest BCUT2D eigenvalue weighted by atomic mass is 10.00. The summed E-state index contributed by atoms with van der Waals surface area (Å²) in [6, 6.07) is 9.22. The van der Waals surface area contributed by atoms with Crippen molar-refractivity contribution in [3.63, 3.8) is 0 Å². The van der Waals surface area contributed by atoms with Gasteiger partial charge in [0.2, 0.25) is 5.95 Å². The molecule has 3 heterocycles. The van der Waals surface area contributed by atoms with Gasteiger partial charge in [-0.05, 0) is 43.0 Å². The van der Waals surface area contributed by atoms with Gasteiger partial charge in [-0.3, -0.25) is 14.2 Å². The van der Waals surface area contributed by atoms with Gasteiger partial charge in [-0.25, -0.2) is 4.98 Å². The van der Waals surface area contributed by atoms with Crippen molar-refractivity contribution < 1.29 is 4.79 Å². The van der Waals surface area contributed by atoms with E-state index in [-0.39, 0.29) is 23.1 Å². The molecule has 2 N–H and O–H groups in total. The number of nitrogens with zero attached hydrogens (tertiary/aromatic N) is 4. The maximum Gasteiger partial charge on any atom is 0.270 e. The highest BCUT2D eigenvalue weighted by molar-refractivity contribution is 5.97. The number of rotatable bonds is 3. The normalized spacial score (nSPS) is 16.2. The molecule has 0 atom stereocenters. The first-order chi connectivity index (χ1) is 14.6. The lowest BCUT2D eigenvalue weighted by Gasteiger charge is -2.18. The number of amides is 1. The molecule has 0 bridgehead atoms. The zero-order valence-corrected chi connectivity index (χ0v) is 16.3. The molecule has 1 saturated carbocycles. The van der Waals surface area contributed by atoms with E-state index >= 15 is 0 Å². The Morgan fingerprint density at radius 3 is 2.83 bits per heavy atom. The average Bonchev–Trinajstić information content (AvgIpc) is 3.28. The molecule has 1 fully saturated rings. The van der Waals surface area contributed by atoms with Crippen LogP contribution in [0.3, 0.4) is 0 Å². The zero-order chi connectivity index (χ0) is 20.7. The van der Waals surface area contributed by atoms with Crippen LogP contribution in [0.4, 0.5) is 11.6 Å². The quantitative estimate of drug-likeness (QED) is 0.699. The van der Waals surface area contributed by atoms with E-state index in [4.69, 9.17) is 0 Å². The van der Waals surface area contributed by atoms with E-state index in [0.29, 0.717) is 34.8 Å². The van der Waals surface area contributed by atoms with Crippen LogP contribution in [0, 0.1) is 11.3 Å². The Kier molecular flexibility index (Phi) is 4.43. The smallest absolute Gasteiger partial charge is 0.270 e. The van der Waals surface area contributed by atoms with Crippen LogP contribution in [0.1, 0.15) is 53.2 Å². The molecule has 1 aliphatic carbocycles. The maximum atomic E-state index is 12.9. The Labute approximate surface area is 172 Å². The number of hydrogen-bond donors (Lipinski definition) is 2. The average molecular weight is 400 g/mol. The van der Waals surface area contributed by atoms with E-state index in [9.17, 15) is 14.9 Å². The number of hydrogen-bond acceptors (Lipinski definition) is 6. The van der Waals surface area contributed by atoms with E-state index in [2.05, 4.69) is 20.6 Å². The van der Waals surface area contributed by atoms with E-state index < -0.39 is 0 Å². The standard InChI is InChI=1S/C22H20N6O2/c23-11-14-9-15-12-25-22(27-19(15)28(21(14)30)17-3-1-2-4-17)26-16-6-5-13-7-8-24-20(29)18(13)10-16/h5-6,9-10,12,17H,1-4,7-8H2,(H,24,29)(H,25,26,27). The summed E-state index contributed by atoms with van der Waals surface area (Å²) in [6.07, 6.45) is 6.35. The fourth-order valence-electron chi connectivity index (χ4n) is 4.38. The van der Waals surface area contributed by atoms with E-state index in [1.54, 1.807) is 22.9 Å². The number of benzene rings is 1. The Balaban J connectivity index is 1.57. The van der Waals surface area contributed by atoms with Gasteiger partial charge in [-0.15, -0.1) is 0 Å². The number of nitriles is 1. The zero-order valence-electron chi connectivity index (χ0n) is 16.3. The van der Waals surface area contributed by atoms with Gasteiger partial charge >= 0.3 is 0 Å². The monoisotopic (exact) mass is 400 g/mol. The number of aromatic nitrogens is 3. The van der Waals surface area contributed by atoms with Gasteiger partial charge in [-0.1, -0.05) is 18.9 Å². The van der Waals surface area contributed by atoms with Crippen molar-refractivity contribution in [2.75, 3.05) is 11.9 Å². The van der Waals surface area contributed by atoms with Gasteiger partial charge in [-0.2, -0.15) is 10.2 Å². The summed E-state index contributed by atoms with van der Waals surface area (Å²) in [6.45, 7) is 0.649. The first kappa shape index (κ1) is 18.3. The molecule has 1 amide bonds. The first-order valence-electron chi connectivity index (χ1n) is 10.1. The predicted octanol–water partition coefficient (Wildman–Crippen LogP) is 2.81. The van der Waals surface area contributed by atoms with Gasteiger partial charge in [0.15, 0.2) is 0 Å². The van der Waals surface area contributed by atoms with Gasteiger partial charge in [0.05, 0.1) is 0 Å². The second-order valence-corrected chi connectivity index (χ2v) is 7.76. The summed E-state index contributed by atoms with van der Waals surface area (Å²) in [4.78, 5) is 34.0. The van der Waals surface area contributed by atoms with Gasteiger partial charge in [0.25, 0.3) is 11.5 Å². The van der Waals surface area contributed by atoms with Gasteiger partial charge < -0.3 is 10.6 Å². The minimum atomic E-state index is -0.299. The second kappa shape index (κ2) is 7.26. The highest BCUT2D eigenvalue weighted by Gasteiger charge is 2.23. The molecule has 2 aliphatic rings.